The van der Waals surface area contributed by atoms with Crippen molar-refractivity contribution in [2.45, 2.75) is 17.6 Å². The molecule has 22 heavy (non-hydrogen) atoms. The Balaban J connectivity index is 1.65. The van der Waals surface area contributed by atoms with E-state index in [0.29, 0.717) is 17.5 Å². The van der Waals surface area contributed by atoms with Gasteiger partial charge in [0, 0.05) is 10.5 Å². The molecule has 1 aromatic heterocycles. The normalized spacial score (nSPS) is 10.6. The van der Waals surface area contributed by atoms with Gasteiger partial charge in [0.2, 0.25) is 0 Å². The van der Waals surface area contributed by atoms with Crippen molar-refractivity contribution in [1.29, 1.82) is 0 Å². The topological polar surface area (TPSA) is 48.2 Å². The van der Waals surface area contributed by atoms with E-state index in [1.54, 1.807) is 18.9 Å². The molecular weight excluding hydrogens is 296 g/mol. The van der Waals surface area contributed by atoms with E-state index in [9.17, 15) is 0 Å². The quantitative estimate of drug-likeness (QED) is 0.656. The van der Waals surface area contributed by atoms with Crippen molar-refractivity contribution in [2.75, 3.05) is 7.11 Å². The van der Waals surface area contributed by atoms with E-state index in [0.717, 1.165) is 16.2 Å². The first-order chi connectivity index (χ1) is 10.7. The Morgan fingerprint density at radius 1 is 1.05 bits per heavy atom. The zero-order chi connectivity index (χ0) is 15.4. The number of benzene rings is 2. The smallest absolute Gasteiger partial charge is 0.257 e. The van der Waals surface area contributed by atoms with Gasteiger partial charge in [0.25, 0.3) is 5.89 Å². The zero-order valence-corrected chi connectivity index (χ0v) is 13.3. The molecule has 2 aromatic carbocycles. The van der Waals surface area contributed by atoms with E-state index in [1.807, 2.05) is 48.5 Å². The van der Waals surface area contributed by atoms with Crippen LogP contribution in [-0.2, 0) is 5.75 Å². The molecule has 0 aliphatic rings. The number of ether oxygens (including phenoxy) is 1. The molecule has 112 valence electrons. The number of aromatic nitrogens is 2. The highest BCUT2D eigenvalue weighted by atomic mass is 32.2. The maximum Gasteiger partial charge on any atom is 0.257 e. The Labute approximate surface area is 133 Å². The first kappa shape index (κ1) is 14.7. The van der Waals surface area contributed by atoms with Gasteiger partial charge in [-0.1, -0.05) is 22.9 Å². The summed E-state index contributed by atoms with van der Waals surface area (Å²) in [7, 11) is 1.66. The van der Waals surface area contributed by atoms with E-state index in [4.69, 9.17) is 9.26 Å². The molecule has 0 fully saturated rings. The van der Waals surface area contributed by atoms with Crippen LogP contribution in [0.15, 0.2) is 57.9 Å². The SMILES string of the molecule is COc1ccc(SCc2noc(-c3ccc(C)cc3)n2)cc1. The molecule has 0 atom stereocenters. The van der Waals surface area contributed by atoms with E-state index < -0.39 is 0 Å². The van der Waals surface area contributed by atoms with Gasteiger partial charge in [-0.15, -0.1) is 11.8 Å². The Morgan fingerprint density at radius 3 is 2.45 bits per heavy atom. The monoisotopic (exact) mass is 312 g/mol. The number of hydrogen-bond donors (Lipinski definition) is 0. The number of hydrogen-bond acceptors (Lipinski definition) is 5. The number of thioether (sulfide) groups is 1. The Bertz CT molecular complexity index is 736. The van der Waals surface area contributed by atoms with Crippen molar-refractivity contribution >= 4 is 11.8 Å². The first-order valence-corrected chi connectivity index (χ1v) is 7.89. The van der Waals surface area contributed by atoms with Crippen LogP contribution in [0.5, 0.6) is 5.75 Å². The standard InChI is InChI=1S/C17H16N2O2S/c1-12-3-5-13(6-4-12)17-18-16(19-21-17)11-22-15-9-7-14(20-2)8-10-15/h3-10H,11H2,1-2H3. The molecule has 0 N–H and O–H groups in total. The summed E-state index contributed by atoms with van der Waals surface area (Å²) in [5.41, 5.74) is 2.15. The summed E-state index contributed by atoms with van der Waals surface area (Å²) in [6, 6.07) is 16.0. The number of aryl methyl sites for hydroxylation is 1. The second-order valence-electron chi connectivity index (χ2n) is 4.85. The van der Waals surface area contributed by atoms with Crippen LogP contribution < -0.4 is 4.74 Å². The van der Waals surface area contributed by atoms with E-state index in [2.05, 4.69) is 17.1 Å². The fourth-order valence-corrected chi connectivity index (χ4v) is 2.69. The summed E-state index contributed by atoms with van der Waals surface area (Å²) in [6.45, 7) is 2.05. The van der Waals surface area contributed by atoms with Gasteiger partial charge < -0.3 is 9.26 Å². The number of nitrogens with zero attached hydrogens (tertiary/aromatic N) is 2. The maximum atomic E-state index is 5.32. The van der Waals surface area contributed by atoms with Gasteiger partial charge in [-0.05, 0) is 43.3 Å². The van der Waals surface area contributed by atoms with Crippen molar-refractivity contribution in [3.8, 4) is 17.2 Å². The minimum absolute atomic E-state index is 0.560. The second-order valence-corrected chi connectivity index (χ2v) is 5.89. The average Bonchev–Trinajstić information content (AvgIpc) is 3.03. The highest BCUT2D eigenvalue weighted by Gasteiger charge is 2.09. The van der Waals surface area contributed by atoms with Crippen LogP contribution in [0.4, 0.5) is 0 Å². The molecular formula is C17H16N2O2S. The average molecular weight is 312 g/mol. The lowest BCUT2D eigenvalue weighted by Gasteiger charge is -2.01. The van der Waals surface area contributed by atoms with Crippen molar-refractivity contribution in [2.24, 2.45) is 0 Å². The van der Waals surface area contributed by atoms with Crippen LogP contribution >= 0.6 is 11.8 Å². The van der Waals surface area contributed by atoms with E-state index in [-0.39, 0.29) is 0 Å². The molecule has 1 heterocycles. The third kappa shape index (κ3) is 3.49. The maximum absolute atomic E-state index is 5.32. The molecule has 0 unspecified atom stereocenters. The minimum Gasteiger partial charge on any atom is -0.497 e. The van der Waals surface area contributed by atoms with Crippen LogP contribution in [0, 0.1) is 6.92 Å². The van der Waals surface area contributed by atoms with Gasteiger partial charge >= 0.3 is 0 Å². The highest BCUT2D eigenvalue weighted by Crippen LogP contribution is 2.25. The molecule has 0 bridgehead atoms. The Kier molecular flexibility index (Phi) is 4.44. The van der Waals surface area contributed by atoms with Crippen LogP contribution in [0.2, 0.25) is 0 Å². The Hall–Kier alpha value is -2.27. The van der Waals surface area contributed by atoms with Crippen molar-refractivity contribution in [3.63, 3.8) is 0 Å². The third-order valence-corrected chi connectivity index (χ3v) is 4.20. The molecule has 0 spiro atoms. The molecule has 0 amide bonds. The summed E-state index contributed by atoms with van der Waals surface area (Å²) >= 11 is 1.66. The fraction of sp³-hybridized carbons (Fsp3) is 0.176. The van der Waals surface area contributed by atoms with E-state index >= 15 is 0 Å². The highest BCUT2D eigenvalue weighted by molar-refractivity contribution is 7.98. The molecule has 0 aliphatic heterocycles. The van der Waals surface area contributed by atoms with Crippen LogP contribution in [0.1, 0.15) is 11.4 Å². The summed E-state index contributed by atoms with van der Waals surface area (Å²) in [5.74, 6) is 2.77. The molecule has 0 aliphatic carbocycles. The third-order valence-electron chi connectivity index (χ3n) is 3.19. The molecule has 5 heteroatoms. The van der Waals surface area contributed by atoms with Gasteiger partial charge in [-0.2, -0.15) is 4.98 Å². The summed E-state index contributed by atoms with van der Waals surface area (Å²) in [6.07, 6.45) is 0. The van der Waals surface area contributed by atoms with Gasteiger partial charge in [0.1, 0.15) is 5.75 Å². The zero-order valence-electron chi connectivity index (χ0n) is 12.4. The molecule has 3 rings (SSSR count). The van der Waals surface area contributed by atoms with Crippen molar-refractivity contribution in [1.82, 2.24) is 10.1 Å². The Morgan fingerprint density at radius 2 is 1.77 bits per heavy atom. The molecule has 0 saturated heterocycles. The lowest BCUT2D eigenvalue weighted by Crippen LogP contribution is -1.85. The fourth-order valence-electron chi connectivity index (χ4n) is 1.95. The lowest BCUT2D eigenvalue weighted by atomic mass is 10.1. The number of rotatable bonds is 5. The molecule has 3 aromatic rings. The van der Waals surface area contributed by atoms with Gasteiger partial charge in [0.05, 0.1) is 12.9 Å². The number of methoxy groups -OCH3 is 1. The van der Waals surface area contributed by atoms with Gasteiger partial charge in [-0.25, -0.2) is 0 Å². The van der Waals surface area contributed by atoms with Crippen molar-refractivity contribution in [3.05, 3.63) is 59.9 Å². The van der Waals surface area contributed by atoms with Crippen LogP contribution in [-0.4, -0.2) is 17.3 Å². The molecule has 4 nitrogen and oxygen atoms in total. The largest absolute Gasteiger partial charge is 0.497 e. The second kappa shape index (κ2) is 6.66. The van der Waals surface area contributed by atoms with Gasteiger partial charge in [-0.3, -0.25) is 0 Å². The lowest BCUT2D eigenvalue weighted by molar-refractivity contribution is 0.414. The molecule has 0 radical (unpaired) electrons. The summed E-state index contributed by atoms with van der Waals surface area (Å²) in [4.78, 5) is 5.58. The van der Waals surface area contributed by atoms with Gasteiger partial charge in [0.15, 0.2) is 5.82 Å². The van der Waals surface area contributed by atoms with Crippen molar-refractivity contribution < 1.29 is 9.26 Å². The summed E-state index contributed by atoms with van der Waals surface area (Å²) in [5, 5.41) is 4.03. The predicted octanol–water partition coefficient (Wildman–Crippen LogP) is 4.35. The first-order valence-electron chi connectivity index (χ1n) is 6.91. The minimum atomic E-state index is 0.560. The predicted molar refractivity (Wildman–Crippen MR) is 87.0 cm³/mol. The van der Waals surface area contributed by atoms with E-state index in [1.165, 1.54) is 5.56 Å². The van der Waals surface area contributed by atoms with Crippen LogP contribution in [0.25, 0.3) is 11.5 Å². The summed E-state index contributed by atoms with van der Waals surface area (Å²) < 4.78 is 10.5. The molecule has 0 saturated carbocycles. The van der Waals surface area contributed by atoms with Crippen LogP contribution in [0.3, 0.4) is 0 Å².